The lowest BCUT2D eigenvalue weighted by molar-refractivity contribution is -0.143. The van der Waals surface area contributed by atoms with Crippen LogP contribution >= 0.6 is 0 Å². The van der Waals surface area contributed by atoms with Gasteiger partial charge in [-0.2, -0.15) is 0 Å². The van der Waals surface area contributed by atoms with Crippen molar-refractivity contribution in [3.63, 3.8) is 0 Å². The summed E-state index contributed by atoms with van der Waals surface area (Å²) in [6.07, 6.45) is 72.9. The molecule has 0 heterocycles. The van der Waals surface area contributed by atoms with Crippen molar-refractivity contribution in [3.8, 4) is 0 Å². The normalized spacial score (nSPS) is 12.5. The maximum absolute atomic E-state index is 12.4. The number of hydrogen-bond donors (Lipinski definition) is 3. The molecule has 0 spiro atoms. The fourth-order valence-electron chi connectivity index (χ4n) is 10.6. The van der Waals surface area contributed by atoms with Crippen LogP contribution in [0.5, 0.6) is 0 Å². The topological polar surface area (TPSA) is 95.9 Å². The molecule has 0 aromatic heterocycles. The summed E-state index contributed by atoms with van der Waals surface area (Å²) in [5.41, 5.74) is 0. The molecule has 0 saturated heterocycles. The summed E-state index contributed by atoms with van der Waals surface area (Å²) in [6.45, 7) is 4.97. The monoisotopic (exact) mass is 1000 g/mol. The van der Waals surface area contributed by atoms with Gasteiger partial charge in [-0.1, -0.05) is 341 Å². The van der Waals surface area contributed by atoms with Gasteiger partial charge in [0.25, 0.3) is 0 Å². The lowest BCUT2D eigenvalue weighted by Crippen LogP contribution is -2.45. The number of rotatable bonds is 62. The molecule has 1 amide bonds. The highest BCUT2D eigenvalue weighted by molar-refractivity contribution is 5.76. The van der Waals surface area contributed by atoms with Gasteiger partial charge in [-0.3, -0.25) is 9.59 Å². The van der Waals surface area contributed by atoms with Crippen molar-refractivity contribution in [3.05, 3.63) is 0 Å². The summed E-state index contributed by atoms with van der Waals surface area (Å²) in [7, 11) is 0. The number of esters is 1. The highest BCUT2D eigenvalue weighted by atomic mass is 16.5. The van der Waals surface area contributed by atoms with Gasteiger partial charge in [-0.05, 0) is 25.7 Å². The number of unbranched alkanes of at least 4 members (excludes halogenated alkanes) is 51. The third-order valence-corrected chi connectivity index (χ3v) is 15.7. The molecule has 0 aliphatic carbocycles. The van der Waals surface area contributed by atoms with E-state index in [1.807, 2.05) is 0 Å². The van der Waals surface area contributed by atoms with E-state index in [1.165, 1.54) is 308 Å². The quantitative estimate of drug-likeness (QED) is 0.0417. The summed E-state index contributed by atoms with van der Waals surface area (Å²) in [5.74, 6) is -0.00912. The Balaban J connectivity index is 3.28. The minimum Gasteiger partial charge on any atom is -0.466 e. The Morgan fingerprint density at radius 3 is 0.859 bits per heavy atom. The maximum atomic E-state index is 12.4. The molecule has 2 unspecified atom stereocenters. The summed E-state index contributed by atoms with van der Waals surface area (Å²) in [6, 6.07) is -0.536. The van der Waals surface area contributed by atoms with Crippen LogP contribution in [0.1, 0.15) is 380 Å². The van der Waals surface area contributed by atoms with Gasteiger partial charge in [-0.15, -0.1) is 0 Å². The Morgan fingerprint density at radius 2 is 0.577 bits per heavy atom. The molecular weight excluding hydrogens is 875 g/mol. The molecule has 0 aliphatic rings. The average molecular weight is 1000 g/mol. The van der Waals surface area contributed by atoms with Crippen molar-refractivity contribution in [2.24, 2.45) is 0 Å². The molecule has 6 heteroatoms. The molecule has 71 heavy (non-hydrogen) atoms. The van der Waals surface area contributed by atoms with Crippen molar-refractivity contribution in [1.29, 1.82) is 0 Å². The molecule has 2 atom stereocenters. The Labute approximate surface area is 445 Å². The lowest BCUT2D eigenvalue weighted by atomic mass is 10.0. The number of amides is 1. The van der Waals surface area contributed by atoms with E-state index >= 15 is 0 Å². The van der Waals surface area contributed by atoms with E-state index in [-0.39, 0.29) is 18.5 Å². The van der Waals surface area contributed by atoms with Gasteiger partial charge >= 0.3 is 5.97 Å². The van der Waals surface area contributed by atoms with E-state index in [9.17, 15) is 19.8 Å². The number of carbonyl (C=O) groups excluding carboxylic acids is 2. The van der Waals surface area contributed by atoms with Crippen molar-refractivity contribution in [2.45, 2.75) is 392 Å². The third kappa shape index (κ3) is 58.0. The van der Waals surface area contributed by atoms with Gasteiger partial charge in [0.05, 0.1) is 25.4 Å². The van der Waals surface area contributed by atoms with Crippen LogP contribution in [-0.2, 0) is 14.3 Å². The zero-order chi connectivity index (χ0) is 51.4. The van der Waals surface area contributed by atoms with Crippen LogP contribution in [0.2, 0.25) is 0 Å². The van der Waals surface area contributed by atoms with Gasteiger partial charge in [0.2, 0.25) is 5.91 Å². The van der Waals surface area contributed by atoms with E-state index < -0.39 is 12.1 Å². The maximum Gasteiger partial charge on any atom is 0.305 e. The predicted octanol–water partition coefficient (Wildman–Crippen LogP) is 20.6. The van der Waals surface area contributed by atoms with Crippen LogP contribution in [0.25, 0.3) is 0 Å². The lowest BCUT2D eigenvalue weighted by Gasteiger charge is -2.22. The highest BCUT2D eigenvalue weighted by Gasteiger charge is 2.20. The first-order valence-corrected chi connectivity index (χ1v) is 32.8. The minimum absolute atomic E-state index is 0.0234. The number of aliphatic hydroxyl groups excluding tert-OH is 2. The molecule has 424 valence electrons. The van der Waals surface area contributed by atoms with Crippen LogP contribution < -0.4 is 5.32 Å². The van der Waals surface area contributed by atoms with Crippen molar-refractivity contribution >= 4 is 11.9 Å². The van der Waals surface area contributed by atoms with E-state index in [1.54, 1.807) is 0 Å². The van der Waals surface area contributed by atoms with E-state index in [0.717, 1.165) is 38.5 Å². The second-order valence-electron chi connectivity index (χ2n) is 22.8. The summed E-state index contributed by atoms with van der Waals surface area (Å²) in [5, 5.41) is 23.1. The van der Waals surface area contributed by atoms with Crippen LogP contribution in [-0.4, -0.2) is 47.4 Å². The zero-order valence-electron chi connectivity index (χ0n) is 48.5. The molecule has 0 rings (SSSR count). The molecule has 0 saturated carbocycles. The Morgan fingerprint density at radius 1 is 0.338 bits per heavy atom. The Hall–Kier alpha value is -1.14. The Kier molecular flexibility index (Phi) is 60.4. The standard InChI is InChI=1S/C65H129NO5/c1-3-5-7-9-11-13-14-15-16-17-30-33-36-39-43-47-51-55-59-65(70)71-60-56-52-48-44-40-37-34-31-28-26-24-22-20-18-19-21-23-25-27-29-32-35-38-42-46-50-54-58-64(69)66-62(61-67)63(68)57-53-49-45-41-12-10-8-6-4-2/h62-63,67-68H,3-61H2,1-2H3,(H,66,69). The molecule has 6 nitrogen and oxygen atoms in total. The zero-order valence-corrected chi connectivity index (χ0v) is 48.5. The molecule has 0 aliphatic heterocycles. The van der Waals surface area contributed by atoms with Gasteiger partial charge in [0, 0.05) is 12.8 Å². The molecule has 0 radical (unpaired) electrons. The van der Waals surface area contributed by atoms with E-state index in [0.29, 0.717) is 25.9 Å². The summed E-state index contributed by atoms with van der Waals surface area (Å²) in [4.78, 5) is 24.5. The second-order valence-corrected chi connectivity index (χ2v) is 22.8. The van der Waals surface area contributed by atoms with Crippen LogP contribution in [0, 0.1) is 0 Å². The van der Waals surface area contributed by atoms with Gasteiger partial charge in [-0.25, -0.2) is 0 Å². The fourth-order valence-corrected chi connectivity index (χ4v) is 10.6. The molecule has 0 bridgehead atoms. The minimum atomic E-state index is -0.659. The highest BCUT2D eigenvalue weighted by Crippen LogP contribution is 2.19. The SMILES string of the molecule is CCCCCCCCCCCCCCCCCCCCC(=O)OCCCCCCCCCCCCCCCCCCCCCCCCCCCCCC(=O)NC(CO)C(O)CCCCCCCCCCC. The molecule has 3 N–H and O–H groups in total. The van der Waals surface area contributed by atoms with Gasteiger partial charge < -0.3 is 20.3 Å². The van der Waals surface area contributed by atoms with Crippen molar-refractivity contribution < 1.29 is 24.5 Å². The fraction of sp³-hybridized carbons (Fsp3) is 0.969. The number of nitrogens with one attached hydrogen (secondary N) is 1. The average Bonchev–Trinajstić information content (AvgIpc) is 3.37. The number of hydrogen-bond acceptors (Lipinski definition) is 5. The number of aliphatic hydroxyl groups is 2. The van der Waals surface area contributed by atoms with Gasteiger partial charge in [0.1, 0.15) is 0 Å². The van der Waals surface area contributed by atoms with Crippen LogP contribution in [0.4, 0.5) is 0 Å². The first kappa shape index (κ1) is 69.9. The number of carbonyl (C=O) groups is 2. The largest absolute Gasteiger partial charge is 0.466 e. The van der Waals surface area contributed by atoms with Crippen LogP contribution in [0.15, 0.2) is 0 Å². The van der Waals surface area contributed by atoms with E-state index in [2.05, 4.69) is 19.2 Å². The van der Waals surface area contributed by atoms with Crippen LogP contribution in [0.3, 0.4) is 0 Å². The molecule has 0 fully saturated rings. The van der Waals surface area contributed by atoms with Gasteiger partial charge in [0.15, 0.2) is 0 Å². The summed E-state index contributed by atoms with van der Waals surface area (Å²) < 4.78 is 5.51. The third-order valence-electron chi connectivity index (χ3n) is 15.7. The Bertz CT molecular complexity index is 1020. The first-order chi connectivity index (χ1) is 35.0. The predicted molar refractivity (Wildman–Crippen MR) is 310 cm³/mol. The second kappa shape index (κ2) is 61.4. The summed E-state index contributed by atoms with van der Waals surface area (Å²) >= 11 is 0. The molecule has 0 aromatic rings. The van der Waals surface area contributed by atoms with Crippen molar-refractivity contribution in [2.75, 3.05) is 13.2 Å². The van der Waals surface area contributed by atoms with E-state index in [4.69, 9.17) is 4.74 Å². The molecular formula is C65H129NO5. The number of ether oxygens (including phenoxy) is 1. The van der Waals surface area contributed by atoms with Crippen molar-refractivity contribution in [1.82, 2.24) is 5.32 Å². The molecule has 0 aromatic carbocycles. The smallest absolute Gasteiger partial charge is 0.305 e. The first-order valence-electron chi connectivity index (χ1n) is 32.8.